The van der Waals surface area contributed by atoms with E-state index in [9.17, 15) is 4.79 Å². The Labute approximate surface area is 308 Å². The van der Waals surface area contributed by atoms with Crippen molar-refractivity contribution < 1.29 is 9.53 Å². The number of ether oxygens (including phenoxy) is 1. The second kappa shape index (κ2) is 12.8. The molecule has 1 amide bonds. The fourth-order valence-corrected chi connectivity index (χ4v) is 9.07. The fraction of sp³-hybridized carbons (Fsp3) is 0.295. The highest BCUT2D eigenvalue weighted by molar-refractivity contribution is 5.90. The van der Waals surface area contributed by atoms with Crippen molar-refractivity contribution >= 4 is 22.6 Å². The molecule has 4 N–H and O–H groups in total. The summed E-state index contributed by atoms with van der Waals surface area (Å²) in [5, 5.41) is 9.04. The van der Waals surface area contributed by atoms with Gasteiger partial charge in [-0.25, -0.2) is 14.8 Å². The summed E-state index contributed by atoms with van der Waals surface area (Å²) in [6, 6.07) is 32.9. The average Bonchev–Trinajstić information content (AvgIpc) is 3.84. The predicted molar refractivity (Wildman–Crippen MR) is 207 cm³/mol. The molecule has 4 unspecified atom stereocenters. The van der Waals surface area contributed by atoms with Crippen molar-refractivity contribution in [3.63, 3.8) is 0 Å². The van der Waals surface area contributed by atoms with E-state index < -0.39 is 6.09 Å². The molecule has 2 aliphatic carbocycles. The Morgan fingerprint density at radius 1 is 0.830 bits per heavy atom. The number of carbonyl (C=O) groups is 1. The second-order valence-electron chi connectivity index (χ2n) is 15.5. The van der Waals surface area contributed by atoms with Gasteiger partial charge in [-0.15, -0.1) is 0 Å². The van der Waals surface area contributed by atoms with Gasteiger partial charge in [0.1, 0.15) is 11.6 Å². The zero-order valence-electron chi connectivity index (χ0n) is 29.8. The molecule has 9 nitrogen and oxygen atoms in total. The number of nitrogens with one attached hydrogen (secondary N) is 4. The van der Waals surface area contributed by atoms with Gasteiger partial charge >= 0.3 is 6.09 Å². The minimum absolute atomic E-state index is 0.104. The Morgan fingerprint density at radius 3 is 2.26 bits per heavy atom. The fourth-order valence-electron chi connectivity index (χ4n) is 9.07. The minimum atomic E-state index is -0.482. The summed E-state index contributed by atoms with van der Waals surface area (Å²) in [7, 11) is 1.39. The number of likely N-dealkylation sites (tertiary alicyclic amines) is 1. The lowest BCUT2D eigenvalue weighted by Gasteiger charge is -2.34. The van der Waals surface area contributed by atoms with Crippen LogP contribution in [0.4, 0.5) is 4.79 Å². The molecule has 6 aromatic rings. The molecule has 2 saturated carbocycles. The van der Waals surface area contributed by atoms with Crippen molar-refractivity contribution in [2.24, 2.45) is 11.3 Å². The van der Waals surface area contributed by atoms with Gasteiger partial charge in [0, 0.05) is 24.4 Å². The number of hydrogen-bond donors (Lipinski definition) is 4. The van der Waals surface area contributed by atoms with Gasteiger partial charge in [-0.1, -0.05) is 78.9 Å². The number of benzene rings is 4. The van der Waals surface area contributed by atoms with Crippen molar-refractivity contribution in [3.05, 3.63) is 127 Å². The maximum Gasteiger partial charge on any atom is 0.411 e. The third-order valence-electron chi connectivity index (χ3n) is 12.2. The van der Waals surface area contributed by atoms with Crippen LogP contribution in [0.25, 0.3) is 50.1 Å². The summed E-state index contributed by atoms with van der Waals surface area (Å²) < 4.78 is 4.95. The number of methoxy groups -OCH3 is 1. The van der Waals surface area contributed by atoms with Crippen LogP contribution in [0.2, 0.25) is 0 Å². The molecule has 1 spiro atoms. The van der Waals surface area contributed by atoms with Crippen molar-refractivity contribution in [1.29, 1.82) is 0 Å². The number of piperidine rings is 1. The SMILES string of the molecule is COC(=O)NC(=CN1C2CCC(C2)C1c1ncc(-c2ccc(-c3ccc4cc(-c5cnc(C6CC7(CC7)CN6)[nH]5)ccc4c3)cc2)[nH]1)c1ccccc1. The third kappa shape index (κ3) is 5.99. The molecule has 9 heteroatoms. The van der Waals surface area contributed by atoms with E-state index in [1.165, 1.54) is 54.7 Å². The summed E-state index contributed by atoms with van der Waals surface area (Å²) in [5.74, 6) is 2.51. The lowest BCUT2D eigenvalue weighted by Crippen LogP contribution is -2.33. The van der Waals surface area contributed by atoms with E-state index in [2.05, 4.69) is 92.4 Å². The number of hydrogen-bond acceptors (Lipinski definition) is 6. The number of carbonyl (C=O) groups excluding carboxylic acids is 1. The van der Waals surface area contributed by atoms with Crippen molar-refractivity contribution in [2.75, 3.05) is 13.7 Å². The number of imidazole rings is 2. The minimum Gasteiger partial charge on any atom is -0.453 e. The van der Waals surface area contributed by atoms with Gasteiger partial charge < -0.3 is 24.9 Å². The topological polar surface area (TPSA) is 111 Å². The van der Waals surface area contributed by atoms with E-state index in [-0.39, 0.29) is 6.04 Å². The van der Waals surface area contributed by atoms with Gasteiger partial charge in [0.2, 0.25) is 0 Å². The Bertz CT molecular complexity index is 2340. The van der Waals surface area contributed by atoms with E-state index in [4.69, 9.17) is 14.7 Å². The summed E-state index contributed by atoms with van der Waals surface area (Å²) >= 11 is 0. The van der Waals surface area contributed by atoms with Crippen LogP contribution in [-0.2, 0) is 4.74 Å². The quantitative estimate of drug-likeness (QED) is 0.126. The summed E-state index contributed by atoms with van der Waals surface area (Å²) in [5.41, 5.74) is 8.88. The van der Waals surface area contributed by atoms with Gasteiger partial charge in [-0.3, -0.25) is 5.32 Å². The molecular weight excluding hydrogens is 659 g/mol. The maximum absolute atomic E-state index is 12.3. The van der Waals surface area contributed by atoms with Crippen LogP contribution < -0.4 is 10.6 Å². The highest BCUT2D eigenvalue weighted by Crippen LogP contribution is 2.54. The zero-order chi connectivity index (χ0) is 35.5. The lowest BCUT2D eigenvalue weighted by molar-refractivity contribution is 0.175. The molecule has 10 rings (SSSR count). The van der Waals surface area contributed by atoms with Gasteiger partial charge in [-0.2, -0.15) is 0 Å². The normalized spacial score (nSPS) is 22.9. The first-order valence-corrected chi connectivity index (χ1v) is 18.9. The third-order valence-corrected chi connectivity index (χ3v) is 12.2. The highest BCUT2D eigenvalue weighted by Gasteiger charge is 2.49. The first-order valence-electron chi connectivity index (χ1n) is 18.9. The Balaban J connectivity index is 0.862. The van der Waals surface area contributed by atoms with E-state index in [1.54, 1.807) is 0 Å². The average molecular weight is 702 g/mol. The maximum atomic E-state index is 12.3. The number of alkyl carbamates (subject to hydrolysis) is 1. The molecule has 266 valence electrons. The van der Waals surface area contributed by atoms with E-state index >= 15 is 0 Å². The van der Waals surface area contributed by atoms with Crippen LogP contribution in [0.3, 0.4) is 0 Å². The van der Waals surface area contributed by atoms with Crippen LogP contribution in [0.1, 0.15) is 67.8 Å². The number of aromatic nitrogens is 4. The number of aromatic amines is 2. The molecule has 4 aliphatic rings. The van der Waals surface area contributed by atoms with Crippen LogP contribution in [0, 0.1) is 11.3 Å². The molecular formula is C44H43N7O2. The van der Waals surface area contributed by atoms with E-state index in [0.29, 0.717) is 23.4 Å². The smallest absolute Gasteiger partial charge is 0.411 e. The van der Waals surface area contributed by atoms with Crippen molar-refractivity contribution in [3.8, 4) is 33.6 Å². The van der Waals surface area contributed by atoms with Crippen LogP contribution in [-0.4, -0.2) is 50.6 Å². The van der Waals surface area contributed by atoms with Gasteiger partial charge in [0.05, 0.1) is 48.7 Å². The number of nitrogens with zero attached hydrogens (tertiary/aromatic N) is 3. The van der Waals surface area contributed by atoms with Crippen molar-refractivity contribution in [2.45, 2.75) is 56.7 Å². The number of amides is 1. The molecule has 4 heterocycles. The van der Waals surface area contributed by atoms with Gasteiger partial charge in [-0.05, 0) is 95.0 Å². The van der Waals surface area contributed by atoms with Crippen LogP contribution in [0.5, 0.6) is 0 Å². The number of H-pyrrole nitrogens is 2. The van der Waals surface area contributed by atoms with E-state index in [0.717, 1.165) is 64.8 Å². The number of fused-ring (bicyclic) bond motifs is 3. The Hall–Kier alpha value is -5.67. The molecule has 2 aromatic heterocycles. The highest BCUT2D eigenvalue weighted by atomic mass is 16.5. The summed E-state index contributed by atoms with van der Waals surface area (Å²) in [4.78, 5) is 31.7. The molecule has 2 aliphatic heterocycles. The standard InChI is InChI=1S/C44H43N7O2/c1-53-43(52)50-39(28-5-3-2-4-6-28)25-51-35-16-15-34(21-35)40(51)42-46-23-37(49-42)29-9-7-27(8-10-29)30-11-12-32-20-33(14-13-31(32)19-30)38-24-45-41(48-38)36-22-44(17-18-44)26-47-36/h2-14,19-20,23-25,34-36,40,47H,15-18,21-22,26H2,1H3,(H,45,48)(H,46,49)(H,50,52). The zero-order valence-corrected chi connectivity index (χ0v) is 29.8. The van der Waals surface area contributed by atoms with Crippen LogP contribution >= 0.6 is 0 Å². The molecule has 2 bridgehead atoms. The van der Waals surface area contributed by atoms with Gasteiger partial charge in [0.25, 0.3) is 0 Å². The first kappa shape index (κ1) is 32.0. The van der Waals surface area contributed by atoms with Crippen LogP contribution in [0.15, 0.2) is 110 Å². The molecule has 53 heavy (non-hydrogen) atoms. The first-order chi connectivity index (χ1) is 26.0. The monoisotopic (exact) mass is 701 g/mol. The Kier molecular flexibility index (Phi) is 7.72. The van der Waals surface area contributed by atoms with Gasteiger partial charge in [0.15, 0.2) is 0 Å². The molecule has 4 fully saturated rings. The molecule has 0 radical (unpaired) electrons. The molecule has 4 atom stereocenters. The number of rotatable bonds is 8. The van der Waals surface area contributed by atoms with E-state index in [1.807, 2.05) is 42.7 Å². The second-order valence-corrected chi connectivity index (χ2v) is 15.5. The molecule has 2 saturated heterocycles. The Morgan fingerprint density at radius 2 is 1.51 bits per heavy atom. The predicted octanol–water partition coefficient (Wildman–Crippen LogP) is 8.98. The summed E-state index contributed by atoms with van der Waals surface area (Å²) in [6.07, 6.45) is 12.8. The largest absolute Gasteiger partial charge is 0.453 e. The van der Waals surface area contributed by atoms with Crippen molar-refractivity contribution in [1.82, 2.24) is 35.5 Å². The summed E-state index contributed by atoms with van der Waals surface area (Å²) in [6.45, 7) is 1.12. The molecule has 4 aromatic carbocycles. The lowest BCUT2D eigenvalue weighted by atomic mass is 9.98.